The Balaban J connectivity index is 1.93. The lowest BCUT2D eigenvalue weighted by molar-refractivity contribution is -0.141. The molecule has 2 rings (SSSR count). The Labute approximate surface area is 130 Å². The quantitative estimate of drug-likeness (QED) is 0.804. The molecule has 0 aliphatic carbocycles. The molecule has 0 bridgehead atoms. The molecule has 2 amide bonds. The molecule has 1 aliphatic rings. The monoisotopic (exact) mass is 308 g/mol. The number of hydrogen-bond donors (Lipinski definition) is 0. The summed E-state index contributed by atoms with van der Waals surface area (Å²) in [6.07, 6.45) is 0. The standard InChI is InChI=1S/C16H21ClN2O2/c1-12(2)15(20)18-8-10-19(11-9-18)16(21)14(17)13-6-4-3-5-7-13/h3-7,12,14H,8-11H2,1-2H3. The first-order valence-corrected chi connectivity index (χ1v) is 7.71. The summed E-state index contributed by atoms with van der Waals surface area (Å²) in [7, 11) is 0. The van der Waals surface area contributed by atoms with E-state index in [9.17, 15) is 9.59 Å². The maximum atomic E-state index is 12.4. The van der Waals surface area contributed by atoms with Gasteiger partial charge in [-0.1, -0.05) is 44.2 Å². The Hall–Kier alpha value is -1.55. The molecule has 0 N–H and O–H groups in total. The molecule has 0 radical (unpaired) electrons. The van der Waals surface area contributed by atoms with Gasteiger partial charge in [0, 0.05) is 32.1 Å². The van der Waals surface area contributed by atoms with Crippen molar-refractivity contribution in [3.8, 4) is 0 Å². The molecule has 5 heteroatoms. The van der Waals surface area contributed by atoms with Crippen molar-refractivity contribution in [3.05, 3.63) is 35.9 Å². The van der Waals surface area contributed by atoms with Crippen LogP contribution in [0.25, 0.3) is 0 Å². The Kier molecular flexibility index (Phi) is 5.23. The molecule has 0 spiro atoms. The molecule has 1 heterocycles. The van der Waals surface area contributed by atoms with Crippen molar-refractivity contribution < 1.29 is 9.59 Å². The highest BCUT2D eigenvalue weighted by Crippen LogP contribution is 2.23. The molecule has 1 aromatic carbocycles. The fourth-order valence-electron chi connectivity index (χ4n) is 2.44. The van der Waals surface area contributed by atoms with Gasteiger partial charge in [-0.2, -0.15) is 0 Å². The van der Waals surface area contributed by atoms with Gasteiger partial charge < -0.3 is 9.80 Å². The molecule has 1 fully saturated rings. The number of halogens is 1. The third-order valence-corrected chi connectivity index (χ3v) is 4.14. The van der Waals surface area contributed by atoms with E-state index in [0.29, 0.717) is 26.2 Å². The molecule has 21 heavy (non-hydrogen) atoms. The first kappa shape index (κ1) is 15.8. The fourth-order valence-corrected chi connectivity index (χ4v) is 2.72. The van der Waals surface area contributed by atoms with Crippen LogP contribution in [-0.4, -0.2) is 47.8 Å². The number of hydrogen-bond acceptors (Lipinski definition) is 2. The molecule has 4 nitrogen and oxygen atoms in total. The van der Waals surface area contributed by atoms with Crippen LogP contribution in [0.2, 0.25) is 0 Å². The van der Waals surface area contributed by atoms with E-state index in [1.54, 1.807) is 4.90 Å². The second kappa shape index (κ2) is 6.94. The van der Waals surface area contributed by atoms with Crippen LogP contribution in [0.5, 0.6) is 0 Å². The maximum absolute atomic E-state index is 12.4. The highest BCUT2D eigenvalue weighted by atomic mass is 35.5. The van der Waals surface area contributed by atoms with Gasteiger partial charge in [-0.05, 0) is 5.56 Å². The summed E-state index contributed by atoms with van der Waals surface area (Å²) in [5, 5.41) is -0.654. The van der Waals surface area contributed by atoms with Crippen molar-refractivity contribution in [2.45, 2.75) is 19.2 Å². The predicted molar refractivity (Wildman–Crippen MR) is 83.0 cm³/mol. The van der Waals surface area contributed by atoms with Crippen LogP contribution >= 0.6 is 11.6 Å². The van der Waals surface area contributed by atoms with E-state index < -0.39 is 5.38 Å². The van der Waals surface area contributed by atoms with Gasteiger partial charge in [0.2, 0.25) is 11.8 Å². The van der Waals surface area contributed by atoms with Crippen LogP contribution in [0.15, 0.2) is 30.3 Å². The molecule has 1 aliphatic heterocycles. The average Bonchev–Trinajstić information content (AvgIpc) is 2.53. The second-order valence-electron chi connectivity index (χ2n) is 5.58. The molecule has 1 aromatic rings. The molecule has 0 saturated carbocycles. The van der Waals surface area contributed by atoms with E-state index in [-0.39, 0.29) is 17.7 Å². The lowest BCUT2D eigenvalue weighted by atomic mass is 10.1. The van der Waals surface area contributed by atoms with Crippen molar-refractivity contribution >= 4 is 23.4 Å². The van der Waals surface area contributed by atoms with Crippen molar-refractivity contribution in [2.24, 2.45) is 5.92 Å². The van der Waals surface area contributed by atoms with Gasteiger partial charge in [-0.15, -0.1) is 11.6 Å². The van der Waals surface area contributed by atoms with E-state index in [1.165, 1.54) is 0 Å². The number of benzene rings is 1. The van der Waals surface area contributed by atoms with Crippen molar-refractivity contribution in [1.82, 2.24) is 9.80 Å². The van der Waals surface area contributed by atoms with Gasteiger partial charge in [-0.3, -0.25) is 9.59 Å². The summed E-state index contributed by atoms with van der Waals surface area (Å²) in [5.74, 6) is 0.0597. The minimum atomic E-state index is -0.654. The molecule has 0 aromatic heterocycles. The molecular weight excluding hydrogens is 288 g/mol. The molecule has 1 atom stereocenters. The zero-order valence-electron chi connectivity index (χ0n) is 12.5. The van der Waals surface area contributed by atoms with E-state index in [4.69, 9.17) is 11.6 Å². The lowest BCUT2D eigenvalue weighted by Crippen LogP contribution is -2.52. The Morgan fingerprint density at radius 1 is 0.952 bits per heavy atom. The first-order chi connectivity index (χ1) is 10.0. The number of rotatable bonds is 3. The normalized spacial score (nSPS) is 17.0. The molecule has 1 saturated heterocycles. The number of carbonyl (C=O) groups is 2. The molecule has 1 unspecified atom stereocenters. The van der Waals surface area contributed by atoms with Crippen LogP contribution in [-0.2, 0) is 9.59 Å². The van der Waals surface area contributed by atoms with E-state index in [0.717, 1.165) is 5.56 Å². The largest absolute Gasteiger partial charge is 0.339 e. The smallest absolute Gasteiger partial charge is 0.245 e. The van der Waals surface area contributed by atoms with Crippen molar-refractivity contribution in [1.29, 1.82) is 0 Å². The summed E-state index contributed by atoms with van der Waals surface area (Å²) in [4.78, 5) is 27.9. The highest BCUT2D eigenvalue weighted by molar-refractivity contribution is 6.30. The topological polar surface area (TPSA) is 40.6 Å². The van der Waals surface area contributed by atoms with Gasteiger partial charge in [-0.25, -0.2) is 0 Å². The van der Waals surface area contributed by atoms with Gasteiger partial charge in [0.1, 0.15) is 5.38 Å². The van der Waals surface area contributed by atoms with Crippen LogP contribution in [0.3, 0.4) is 0 Å². The van der Waals surface area contributed by atoms with E-state index in [1.807, 2.05) is 49.1 Å². The lowest BCUT2D eigenvalue weighted by Gasteiger charge is -2.36. The van der Waals surface area contributed by atoms with Gasteiger partial charge in [0.05, 0.1) is 0 Å². The van der Waals surface area contributed by atoms with Gasteiger partial charge >= 0.3 is 0 Å². The van der Waals surface area contributed by atoms with Crippen molar-refractivity contribution in [2.75, 3.05) is 26.2 Å². The summed E-state index contributed by atoms with van der Waals surface area (Å²) in [5.41, 5.74) is 0.810. The third kappa shape index (κ3) is 3.76. The fraction of sp³-hybridized carbons (Fsp3) is 0.500. The minimum Gasteiger partial charge on any atom is -0.339 e. The Bertz CT molecular complexity index is 496. The summed E-state index contributed by atoms with van der Waals surface area (Å²) < 4.78 is 0. The highest BCUT2D eigenvalue weighted by Gasteiger charge is 2.29. The predicted octanol–water partition coefficient (Wildman–Crippen LogP) is 2.29. The van der Waals surface area contributed by atoms with E-state index >= 15 is 0 Å². The number of amides is 2. The van der Waals surface area contributed by atoms with Crippen molar-refractivity contribution in [3.63, 3.8) is 0 Å². The Morgan fingerprint density at radius 3 is 1.90 bits per heavy atom. The molecular formula is C16H21ClN2O2. The molecule has 114 valence electrons. The van der Waals surface area contributed by atoms with Crippen LogP contribution in [0, 0.1) is 5.92 Å². The zero-order chi connectivity index (χ0) is 15.4. The number of carbonyl (C=O) groups excluding carboxylic acids is 2. The first-order valence-electron chi connectivity index (χ1n) is 7.27. The minimum absolute atomic E-state index is 0.00246. The van der Waals surface area contributed by atoms with E-state index in [2.05, 4.69) is 0 Å². The summed E-state index contributed by atoms with van der Waals surface area (Å²) in [6, 6.07) is 9.35. The van der Waals surface area contributed by atoms with Gasteiger partial charge in [0.25, 0.3) is 0 Å². The zero-order valence-corrected chi connectivity index (χ0v) is 13.2. The number of nitrogens with zero attached hydrogens (tertiary/aromatic N) is 2. The third-order valence-electron chi connectivity index (χ3n) is 3.71. The number of piperazine rings is 1. The second-order valence-corrected chi connectivity index (χ2v) is 6.01. The SMILES string of the molecule is CC(C)C(=O)N1CCN(C(=O)C(Cl)c2ccccc2)CC1. The Morgan fingerprint density at radius 2 is 1.43 bits per heavy atom. The summed E-state index contributed by atoms with van der Waals surface area (Å²) >= 11 is 6.27. The number of alkyl halides is 1. The average molecular weight is 309 g/mol. The van der Waals surface area contributed by atoms with Crippen LogP contribution in [0.4, 0.5) is 0 Å². The van der Waals surface area contributed by atoms with Crippen LogP contribution < -0.4 is 0 Å². The van der Waals surface area contributed by atoms with Crippen LogP contribution in [0.1, 0.15) is 24.8 Å². The summed E-state index contributed by atoms with van der Waals surface area (Å²) in [6.45, 7) is 6.05. The maximum Gasteiger partial charge on any atom is 0.245 e. The van der Waals surface area contributed by atoms with Gasteiger partial charge in [0.15, 0.2) is 0 Å².